The van der Waals surface area contributed by atoms with Crippen LogP contribution < -0.4 is 0 Å². The molecule has 0 unspecified atom stereocenters. The Morgan fingerprint density at radius 2 is 2.04 bits per heavy atom. The first-order valence-electron chi connectivity index (χ1n) is 10.3. The van der Waals surface area contributed by atoms with Gasteiger partial charge in [-0.3, -0.25) is 9.59 Å². The maximum Gasteiger partial charge on any atom is 0.259 e. The maximum absolute atomic E-state index is 12.9. The van der Waals surface area contributed by atoms with Crippen molar-refractivity contribution in [1.82, 2.24) is 15.0 Å². The fourth-order valence-corrected chi connectivity index (χ4v) is 5.97. The van der Waals surface area contributed by atoms with Crippen molar-refractivity contribution in [2.45, 2.75) is 56.8 Å². The maximum atomic E-state index is 12.9. The first kappa shape index (κ1) is 19.8. The third-order valence-corrected chi connectivity index (χ3v) is 7.52. The summed E-state index contributed by atoms with van der Waals surface area (Å²) in [5.74, 6) is 1.73. The second-order valence-corrected chi connectivity index (χ2v) is 9.68. The van der Waals surface area contributed by atoms with Gasteiger partial charge in [0.05, 0.1) is 16.5 Å². The predicted octanol–water partition coefficient (Wildman–Crippen LogP) is 2.27. The number of rotatable bonds is 6. The molecule has 1 aromatic rings. The minimum Gasteiger partial charge on any atom is -0.367 e. The number of hydrogen-bond acceptors (Lipinski definition) is 6. The molecule has 1 spiro atoms. The molecule has 3 saturated heterocycles. The largest absolute Gasteiger partial charge is 0.367 e. The Hall–Kier alpha value is -1.54. The van der Waals surface area contributed by atoms with E-state index in [2.05, 4.69) is 12.1 Å². The third kappa shape index (κ3) is 3.81. The Morgan fingerprint density at radius 1 is 1.29 bits per heavy atom. The van der Waals surface area contributed by atoms with Crippen LogP contribution in [0.4, 0.5) is 0 Å². The standard InChI is InChI=1S/C20H29N3O4S/c1-3-6-16-18(14(2)21-27-16)19(25)23-12-20(13-23)9-15(11-28-20)26-10-17(24)22-7-4-5-8-22/h15H,3-13H2,1-2H3/t15-/m0/s1. The molecular formula is C20H29N3O4S. The molecule has 1 aromatic heterocycles. The number of nitrogens with zero attached hydrogens (tertiary/aromatic N) is 3. The second-order valence-electron chi connectivity index (χ2n) is 8.20. The number of thioether (sulfide) groups is 1. The quantitative estimate of drug-likeness (QED) is 0.720. The van der Waals surface area contributed by atoms with Crippen LogP contribution in [0.5, 0.6) is 0 Å². The Morgan fingerprint density at radius 3 is 2.75 bits per heavy atom. The van der Waals surface area contributed by atoms with Crippen molar-refractivity contribution in [2.24, 2.45) is 0 Å². The fourth-order valence-electron chi connectivity index (χ4n) is 4.42. The minimum atomic E-state index is 0.0296. The summed E-state index contributed by atoms with van der Waals surface area (Å²) in [4.78, 5) is 28.9. The van der Waals surface area contributed by atoms with E-state index in [1.807, 2.05) is 28.5 Å². The molecule has 0 aromatic carbocycles. The smallest absolute Gasteiger partial charge is 0.259 e. The molecular weight excluding hydrogens is 378 g/mol. The molecule has 0 N–H and O–H groups in total. The number of ether oxygens (including phenoxy) is 1. The Bertz CT molecular complexity index is 738. The van der Waals surface area contributed by atoms with Crippen molar-refractivity contribution in [1.29, 1.82) is 0 Å². The van der Waals surface area contributed by atoms with Gasteiger partial charge in [-0.1, -0.05) is 12.1 Å². The zero-order valence-electron chi connectivity index (χ0n) is 16.7. The molecule has 0 bridgehead atoms. The fraction of sp³-hybridized carbons (Fsp3) is 0.750. The van der Waals surface area contributed by atoms with Gasteiger partial charge < -0.3 is 19.1 Å². The van der Waals surface area contributed by atoms with E-state index in [4.69, 9.17) is 9.26 Å². The monoisotopic (exact) mass is 407 g/mol. The number of likely N-dealkylation sites (tertiary alicyclic amines) is 2. The summed E-state index contributed by atoms with van der Waals surface area (Å²) >= 11 is 1.88. The highest BCUT2D eigenvalue weighted by Gasteiger charge is 2.51. The SMILES string of the molecule is CCCc1onc(C)c1C(=O)N1CC2(C[C@H](OCC(=O)N3CCCC3)CS2)C1. The molecule has 3 fully saturated rings. The van der Waals surface area contributed by atoms with Gasteiger partial charge in [-0.15, -0.1) is 11.8 Å². The van der Waals surface area contributed by atoms with Crippen molar-refractivity contribution < 1.29 is 18.8 Å². The predicted molar refractivity (Wildman–Crippen MR) is 106 cm³/mol. The van der Waals surface area contributed by atoms with Crippen LogP contribution in [-0.2, 0) is 16.0 Å². The van der Waals surface area contributed by atoms with Gasteiger partial charge in [-0.25, -0.2) is 0 Å². The lowest BCUT2D eigenvalue weighted by atomic mass is 9.92. The number of carbonyl (C=O) groups excluding carboxylic acids is 2. The molecule has 0 radical (unpaired) electrons. The lowest BCUT2D eigenvalue weighted by molar-refractivity contribution is -0.136. The highest BCUT2D eigenvalue weighted by atomic mass is 32.2. The third-order valence-electron chi connectivity index (χ3n) is 5.95. The molecule has 28 heavy (non-hydrogen) atoms. The summed E-state index contributed by atoms with van der Waals surface area (Å²) < 4.78 is 11.3. The molecule has 2 amide bonds. The van der Waals surface area contributed by atoms with E-state index in [0.29, 0.717) is 17.0 Å². The normalized spacial score (nSPS) is 23.4. The summed E-state index contributed by atoms with van der Waals surface area (Å²) in [5, 5.41) is 3.99. The molecule has 0 saturated carbocycles. The molecule has 0 aliphatic carbocycles. The van der Waals surface area contributed by atoms with Gasteiger partial charge in [0.15, 0.2) is 0 Å². The molecule has 4 heterocycles. The van der Waals surface area contributed by atoms with E-state index in [0.717, 1.165) is 64.0 Å². The van der Waals surface area contributed by atoms with E-state index in [1.165, 1.54) is 0 Å². The average Bonchev–Trinajstić information content (AvgIpc) is 3.38. The van der Waals surface area contributed by atoms with Crippen LogP contribution in [0.3, 0.4) is 0 Å². The molecule has 8 heteroatoms. The van der Waals surface area contributed by atoms with E-state index < -0.39 is 0 Å². The van der Waals surface area contributed by atoms with Crippen molar-refractivity contribution in [3.05, 3.63) is 17.0 Å². The van der Waals surface area contributed by atoms with E-state index >= 15 is 0 Å². The highest BCUT2D eigenvalue weighted by Crippen LogP contribution is 2.46. The van der Waals surface area contributed by atoms with Gasteiger partial charge in [0, 0.05) is 38.4 Å². The first-order valence-corrected chi connectivity index (χ1v) is 11.3. The number of aryl methyl sites for hydroxylation is 2. The molecule has 3 aliphatic heterocycles. The number of amides is 2. The Labute approximate surface area is 170 Å². The van der Waals surface area contributed by atoms with E-state index in [-0.39, 0.29) is 29.3 Å². The average molecular weight is 408 g/mol. The van der Waals surface area contributed by atoms with Crippen LogP contribution in [0.2, 0.25) is 0 Å². The zero-order chi connectivity index (χ0) is 19.7. The molecule has 7 nitrogen and oxygen atoms in total. The van der Waals surface area contributed by atoms with Crippen LogP contribution in [0.25, 0.3) is 0 Å². The molecule has 1 atom stereocenters. The minimum absolute atomic E-state index is 0.0296. The first-order chi connectivity index (χ1) is 13.5. The van der Waals surface area contributed by atoms with E-state index in [1.54, 1.807) is 0 Å². The molecule has 4 rings (SSSR count). The topological polar surface area (TPSA) is 75.9 Å². The van der Waals surface area contributed by atoms with Gasteiger partial charge in [0.25, 0.3) is 5.91 Å². The second kappa shape index (κ2) is 8.06. The van der Waals surface area contributed by atoms with Gasteiger partial charge in [-0.2, -0.15) is 0 Å². The lowest BCUT2D eigenvalue weighted by Gasteiger charge is -2.47. The molecule has 3 aliphatic rings. The summed E-state index contributed by atoms with van der Waals surface area (Å²) in [6.45, 7) is 7.27. The van der Waals surface area contributed by atoms with Crippen LogP contribution in [-0.4, -0.2) is 76.2 Å². The van der Waals surface area contributed by atoms with Gasteiger partial charge >= 0.3 is 0 Å². The molecule has 154 valence electrons. The van der Waals surface area contributed by atoms with Crippen LogP contribution in [0, 0.1) is 6.92 Å². The van der Waals surface area contributed by atoms with Crippen molar-refractivity contribution in [3.8, 4) is 0 Å². The number of hydrogen-bond donors (Lipinski definition) is 0. The summed E-state index contributed by atoms with van der Waals surface area (Å²) in [5.41, 5.74) is 1.32. The summed E-state index contributed by atoms with van der Waals surface area (Å²) in [7, 11) is 0. The van der Waals surface area contributed by atoms with Crippen molar-refractivity contribution in [2.75, 3.05) is 38.5 Å². The number of carbonyl (C=O) groups is 2. The number of aromatic nitrogens is 1. The van der Waals surface area contributed by atoms with Gasteiger partial charge in [0.1, 0.15) is 17.9 Å². The van der Waals surface area contributed by atoms with Gasteiger partial charge in [0.2, 0.25) is 5.91 Å². The zero-order valence-corrected chi connectivity index (χ0v) is 17.6. The van der Waals surface area contributed by atoms with Crippen molar-refractivity contribution in [3.63, 3.8) is 0 Å². The van der Waals surface area contributed by atoms with Crippen molar-refractivity contribution >= 4 is 23.6 Å². The highest BCUT2D eigenvalue weighted by molar-refractivity contribution is 8.01. The van der Waals surface area contributed by atoms with E-state index in [9.17, 15) is 9.59 Å². The van der Waals surface area contributed by atoms with Crippen LogP contribution in [0.15, 0.2) is 4.52 Å². The van der Waals surface area contributed by atoms with Crippen LogP contribution in [0.1, 0.15) is 54.4 Å². The van der Waals surface area contributed by atoms with Crippen LogP contribution >= 0.6 is 11.8 Å². The Kier molecular flexibility index (Phi) is 5.69. The summed E-state index contributed by atoms with van der Waals surface area (Å²) in [6, 6.07) is 0. The lowest BCUT2D eigenvalue weighted by Crippen LogP contribution is -2.60. The summed E-state index contributed by atoms with van der Waals surface area (Å²) in [6.07, 6.45) is 4.86. The Balaban J connectivity index is 1.27. The van der Waals surface area contributed by atoms with Gasteiger partial charge in [-0.05, 0) is 32.6 Å².